The second-order valence-electron chi connectivity index (χ2n) is 16.3. The third-order valence-corrected chi connectivity index (χ3v) is 10.9. The average molecular weight is 866 g/mol. The molecule has 20 nitrogen and oxygen atoms in total. The molecule has 8 amide bonds. The number of hydrogen-bond donors (Lipinski definition) is 10. The number of nitrogens with two attached hydrogens (primary N) is 2. The maximum Gasteiger partial charge on any atom is 0.245 e. The zero-order valence-corrected chi connectivity index (χ0v) is 37.9. The molecule has 0 saturated carbocycles. The minimum Gasteiger partial charge on any atom is -0.391 e. The van der Waals surface area contributed by atoms with Crippen molar-refractivity contribution < 1.29 is 43.5 Å². The number of aliphatic imine (C=N–C) groups is 1. The molecular formula is C41H75N11O9. The normalized spacial score (nSPS) is 18.1. The Bertz CT molecular complexity index is 1520. The number of carbonyl (C=O) groups is 8. The maximum absolute atomic E-state index is 14.1. The monoisotopic (exact) mass is 866 g/mol. The van der Waals surface area contributed by atoms with Gasteiger partial charge in [0.25, 0.3) is 0 Å². The Morgan fingerprint density at radius 3 is 1.69 bits per heavy atom. The van der Waals surface area contributed by atoms with Crippen molar-refractivity contribution in [2.45, 2.75) is 169 Å². The third-order valence-electron chi connectivity index (χ3n) is 10.9. The molecule has 0 aliphatic carbocycles. The van der Waals surface area contributed by atoms with Crippen LogP contribution in [-0.4, -0.2) is 131 Å². The van der Waals surface area contributed by atoms with Crippen molar-refractivity contribution >= 4 is 53.2 Å². The van der Waals surface area contributed by atoms with Crippen LogP contribution < -0.4 is 48.7 Å². The van der Waals surface area contributed by atoms with E-state index in [4.69, 9.17) is 11.5 Å². The molecule has 12 N–H and O–H groups in total. The van der Waals surface area contributed by atoms with Crippen LogP contribution in [0.3, 0.4) is 0 Å². The predicted molar refractivity (Wildman–Crippen MR) is 231 cm³/mol. The van der Waals surface area contributed by atoms with Crippen LogP contribution in [0.5, 0.6) is 0 Å². The lowest BCUT2D eigenvalue weighted by molar-refractivity contribution is -0.142. The number of nitrogens with one attached hydrogen (secondary N) is 7. The molecule has 1 aliphatic rings. The number of nitrogens with zero attached hydrogens (tertiary/aromatic N) is 2. The standard InChI is InChI=1S/C41H75N11O9/c1-11-17-27(47-39(60)33(25(9)53)51-38(59)32(24(8)13-3)50-36(57)30(22(5)6)46-26(10)54)34(55)49-31(23(7)12-2)37(58)48-28(18-15-20-45-41(42)43)40(61)52-21-16-19-29(52)35(56)44-14-4/h22-25,27-33,53H,11-21H2,1-10H3,(H,44,56)(H,46,54)(H,47,60)(H,48,58)(H,49,55)(H,50,57)(H,51,59)(H4,42,43,45)/t23-,24-,25-,27-,28-,29-,30-,31-,32-,33-/m0/s1. The van der Waals surface area contributed by atoms with Crippen molar-refractivity contribution in [2.24, 2.45) is 34.2 Å². The molecule has 0 aromatic heterocycles. The molecule has 1 rings (SSSR count). The Hall–Kier alpha value is -5.01. The minimum atomic E-state index is -1.55. The lowest BCUT2D eigenvalue weighted by atomic mass is 9.95. The number of guanidine groups is 1. The highest BCUT2D eigenvalue weighted by Gasteiger charge is 2.40. The van der Waals surface area contributed by atoms with Gasteiger partial charge in [-0.1, -0.05) is 67.7 Å². The number of rotatable bonds is 26. The van der Waals surface area contributed by atoms with Gasteiger partial charge in [-0.3, -0.25) is 43.3 Å². The molecule has 0 aromatic carbocycles. The third kappa shape index (κ3) is 17.5. The average Bonchev–Trinajstić information content (AvgIpc) is 3.70. The number of likely N-dealkylation sites (N-methyl/N-ethyl adjacent to an activating group) is 1. The number of aliphatic hydroxyl groups excluding tert-OH is 1. The summed E-state index contributed by atoms with van der Waals surface area (Å²) in [5.41, 5.74) is 11.0. The summed E-state index contributed by atoms with van der Waals surface area (Å²) in [6.45, 7) is 17.6. The molecule has 1 heterocycles. The van der Waals surface area contributed by atoms with Gasteiger partial charge in [0.2, 0.25) is 47.3 Å². The zero-order chi connectivity index (χ0) is 46.6. The van der Waals surface area contributed by atoms with Crippen molar-refractivity contribution in [3.63, 3.8) is 0 Å². The lowest BCUT2D eigenvalue weighted by Crippen LogP contribution is -2.63. The van der Waals surface area contributed by atoms with Crippen LogP contribution in [0.15, 0.2) is 4.99 Å². The first-order valence-electron chi connectivity index (χ1n) is 21.8. The van der Waals surface area contributed by atoms with E-state index in [9.17, 15) is 43.5 Å². The van der Waals surface area contributed by atoms with Gasteiger partial charge in [0.05, 0.1) is 6.10 Å². The number of hydrogen-bond acceptors (Lipinski definition) is 10. The van der Waals surface area contributed by atoms with Crippen LogP contribution in [0.1, 0.15) is 121 Å². The molecule has 0 unspecified atom stereocenters. The number of carbonyl (C=O) groups excluding carboxylic acids is 8. The molecule has 1 saturated heterocycles. The molecule has 10 atom stereocenters. The Morgan fingerprint density at radius 1 is 0.689 bits per heavy atom. The van der Waals surface area contributed by atoms with Gasteiger partial charge in [0.15, 0.2) is 5.96 Å². The van der Waals surface area contributed by atoms with Crippen molar-refractivity contribution in [1.29, 1.82) is 0 Å². The summed E-state index contributed by atoms with van der Waals surface area (Å²) in [6, 6.07) is -7.75. The van der Waals surface area contributed by atoms with E-state index < -0.39 is 102 Å². The fraction of sp³-hybridized carbons (Fsp3) is 0.780. The summed E-state index contributed by atoms with van der Waals surface area (Å²) < 4.78 is 0. The van der Waals surface area contributed by atoms with Gasteiger partial charge in [-0.05, 0) is 63.7 Å². The van der Waals surface area contributed by atoms with E-state index in [1.165, 1.54) is 18.7 Å². The molecule has 348 valence electrons. The lowest BCUT2D eigenvalue weighted by Gasteiger charge is -2.32. The molecule has 0 aromatic rings. The van der Waals surface area contributed by atoms with E-state index in [-0.39, 0.29) is 37.2 Å². The Morgan fingerprint density at radius 2 is 1.20 bits per heavy atom. The smallest absolute Gasteiger partial charge is 0.245 e. The highest BCUT2D eigenvalue weighted by Crippen LogP contribution is 2.21. The van der Waals surface area contributed by atoms with E-state index in [2.05, 4.69) is 42.2 Å². The number of likely N-dealkylation sites (tertiary alicyclic amines) is 1. The summed E-state index contributed by atoms with van der Waals surface area (Å²) in [6.07, 6.45) is 1.55. The van der Waals surface area contributed by atoms with Crippen LogP contribution in [0.25, 0.3) is 0 Å². The first kappa shape index (κ1) is 54.0. The Balaban J connectivity index is 3.34. The first-order chi connectivity index (χ1) is 28.6. The van der Waals surface area contributed by atoms with E-state index >= 15 is 0 Å². The van der Waals surface area contributed by atoms with Gasteiger partial charge in [-0.2, -0.15) is 0 Å². The van der Waals surface area contributed by atoms with Gasteiger partial charge in [0.1, 0.15) is 42.3 Å². The van der Waals surface area contributed by atoms with E-state index in [0.717, 1.165) is 0 Å². The van der Waals surface area contributed by atoms with Crippen LogP contribution in [0.2, 0.25) is 0 Å². The van der Waals surface area contributed by atoms with Crippen LogP contribution in [0, 0.1) is 17.8 Å². The summed E-state index contributed by atoms with van der Waals surface area (Å²) >= 11 is 0. The van der Waals surface area contributed by atoms with Crippen molar-refractivity contribution in [2.75, 3.05) is 19.6 Å². The largest absolute Gasteiger partial charge is 0.391 e. The molecule has 1 fully saturated rings. The van der Waals surface area contributed by atoms with Crippen LogP contribution >= 0.6 is 0 Å². The summed E-state index contributed by atoms with van der Waals surface area (Å²) in [7, 11) is 0. The molecule has 0 bridgehead atoms. The fourth-order valence-electron chi connectivity index (χ4n) is 6.94. The van der Waals surface area contributed by atoms with Crippen molar-refractivity contribution in [1.82, 2.24) is 42.1 Å². The molecule has 1 aliphatic heterocycles. The fourth-order valence-corrected chi connectivity index (χ4v) is 6.94. The highest BCUT2D eigenvalue weighted by molar-refractivity contribution is 5.98. The quantitative estimate of drug-likeness (QED) is 0.0287. The van der Waals surface area contributed by atoms with Crippen molar-refractivity contribution in [3.8, 4) is 0 Å². The van der Waals surface area contributed by atoms with Gasteiger partial charge in [0, 0.05) is 26.6 Å². The van der Waals surface area contributed by atoms with Gasteiger partial charge in [-0.25, -0.2) is 0 Å². The highest BCUT2D eigenvalue weighted by atomic mass is 16.3. The summed E-state index contributed by atoms with van der Waals surface area (Å²) in [5.74, 6) is -6.04. The van der Waals surface area contributed by atoms with E-state index in [1.807, 2.05) is 13.8 Å². The SMILES string of the molecule is CCC[C@H](NC(=O)[C@@H](NC(=O)[C@@H](NC(=O)[C@@H](NC(C)=O)C(C)C)[C@@H](C)CC)[C@H](C)O)C(=O)N[C@H](C(=O)N[C@@H](CCCN=C(N)N)C(=O)N1CCC[C@H]1C(=O)NCC)[C@@H](C)CC. The Labute approximate surface area is 361 Å². The maximum atomic E-state index is 14.1. The van der Waals surface area contributed by atoms with E-state index in [1.54, 1.807) is 41.5 Å². The zero-order valence-electron chi connectivity index (χ0n) is 37.9. The summed E-state index contributed by atoms with van der Waals surface area (Å²) in [4.78, 5) is 113. The van der Waals surface area contributed by atoms with E-state index in [0.29, 0.717) is 51.6 Å². The second kappa shape index (κ2) is 27.0. The molecule has 61 heavy (non-hydrogen) atoms. The summed E-state index contributed by atoms with van der Waals surface area (Å²) in [5, 5.41) is 29.5. The first-order valence-corrected chi connectivity index (χ1v) is 21.8. The van der Waals surface area contributed by atoms with Gasteiger partial charge < -0.3 is 58.7 Å². The number of aliphatic hydroxyl groups is 1. The molecule has 0 spiro atoms. The topological polar surface area (TPSA) is 309 Å². The van der Waals surface area contributed by atoms with Crippen molar-refractivity contribution in [3.05, 3.63) is 0 Å². The second-order valence-corrected chi connectivity index (χ2v) is 16.3. The molecular weight excluding hydrogens is 791 g/mol. The molecule has 20 heteroatoms. The number of amides is 8. The molecule has 0 radical (unpaired) electrons. The predicted octanol–water partition coefficient (Wildman–Crippen LogP) is -0.975. The van der Waals surface area contributed by atoms with Crippen LogP contribution in [0.4, 0.5) is 0 Å². The van der Waals surface area contributed by atoms with Gasteiger partial charge >= 0.3 is 0 Å². The van der Waals surface area contributed by atoms with Crippen LogP contribution in [-0.2, 0) is 38.4 Å². The minimum absolute atomic E-state index is 0.125. The van der Waals surface area contributed by atoms with Gasteiger partial charge in [-0.15, -0.1) is 0 Å². The Kier molecular flexibility index (Phi) is 23.9.